The third-order valence-corrected chi connectivity index (χ3v) is 2.61. The SMILES string of the molecule is CCN(C(=O)NCCC(O)C(=O)O)c1ccccc1. The number of aliphatic carboxylic acids is 1. The molecule has 1 aromatic rings. The summed E-state index contributed by atoms with van der Waals surface area (Å²) >= 11 is 0. The molecule has 1 atom stereocenters. The number of carbonyl (C=O) groups excluding carboxylic acids is 1. The van der Waals surface area contributed by atoms with E-state index in [-0.39, 0.29) is 19.0 Å². The number of anilines is 1. The maximum absolute atomic E-state index is 11.9. The number of urea groups is 1. The maximum atomic E-state index is 11.9. The van der Waals surface area contributed by atoms with Gasteiger partial charge >= 0.3 is 12.0 Å². The number of nitrogens with zero attached hydrogens (tertiary/aromatic N) is 1. The molecule has 0 radical (unpaired) electrons. The fraction of sp³-hybridized carbons (Fsp3) is 0.385. The second-order valence-electron chi connectivity index (χ2n) is 3.95. The Balaban J connectivity index is 2.49. The molecule has 0 spiro atoms. The number of aliphatic hydroxyl groups is 1. The van der Waals surface area contributed by atoms with Gasteiger partial charge in [-0.2, -0.15) is 0 Å². The van der Waals surface area contributed by atoms with Gasteiger partial charge in [-0.25, -0.2) is 9.59 Å². The number of carboxylic acid groups (broad SMARTS) is 1. The summed E-state index contributed by atoms with van der Waals surface area (Å²) in [5, 5.41) is 20.2. The molecule has 3 N–H and O–H groups in total. The van der Waals surface area contributed by atoms with Crippen LogP contribution in [0.2, 0.25) is 0 Å². The number of rotatable bonds is 6. The van der Waals surface area contributed by atoms with Crippen molar-refractivity contribution < 1.29 is 19.8 Å². The Morgan fingerprint density at radius 3 is 2.47 bits per heavy atom. The molecule has 0 heterocycles. The molecule has 6 heteroatoms. The average Bonchev–Trinajstić information content (AvgIpc) is 2.40. The van der Waals surface area contributed by atoms with Crippen LogP contribution in [-0.2, 0) is 4.79 Å². The van der Waals surface area contributed by atoms with Crippen LogP contribution in [0.4, 0.5) is 10.5 Å². The van der Waals surface area contributed by atoms with Crippen LogP contribution in [0.5, 0.6) is 0 Å². The van der Waals surface area contributed by atoms with Gasteiger partial charge in [0.2, 0.25) is 0 Å². The van der Waals surface area contributed by atoms with Crippen LogP contribution in [0.25, 0.3) is 0 Å². The summed E-state index contributed by atoms with van der Waals surface area (Å²) in [4.78, 5) is 23.9. The van der Waals surface area contributed by atoms with E-state index in [0.717, 1.165) is 5.69 Å². The van der Waals surface area contributed by atoms with Gasteiger partial charge in [0.25, 0.3) is 0 Å². The summed E-state index contributed by atoms with van der Waals surface area (Å²) in [6.07, 6.45) is -1.47. The highest BCUT2D eigenvalue weighted by molar-refractivity contribution is 5.91. The van der Waals surface area contributed by atoms with Crippen molar-refractivity contribution in [3.05, 3.63) is 30.3 Å². The quantitative estimate of drug-likeness (QED) is 0.718. The molecule has 0 aliphatic carbocycles. The number of hydrogen-bond donors (Lipinski definition) is 3. The van der Waals surface area contributed by atoms with Gasteiger partial charge in [0, 0.05) is 25.2 Å². The number of carboxylic acids is 1. The highest BCUT2D eigenvalue weighted by Crippen LogP contribution is 2.12. The Morgan fingerprint density at radius 1 is 1.32 bits per heavy atom. The minimum absolute atomic E-state index is 0.0204. The molecule has 104 valence electrons. The Hall–Kier alpha value is -2.08. The summed E-state index contributed by atoms with van der Waals surface area (Å²) in [6, 6.07) is 8.84. The van der Waals surface area contributed by atoms with Crippen molar-refractivity contribution >= 4 is 17.7 Å². The van der Waals surface area contributed by atoms with Gasteiger partial charge in [0.15, 0.2) is 6.10 Å². The lowest BCUT2D eigenvalue weighted by Crippen LogP contribution is -2.41. The summed E-state index contributed by atoms with van der Waals surface area (Å²) in [5.74, 6) is -1.29. The Kier molecular flexibility index (Phi) is 5.81. The first-order valence-corrected chi connectivity index (χ1v) is 6.07. The van der Waals surface area contributed by atoms with Crippen LogP contribution < -0.4 is 10.2 Å². The van der Waals surface area contributed by atoms with Gasteiger partial charge < -0.3 is 15.5 Å². The van der Waals surface area contributed by atoms with E-state index < -0.39 is 12.1 Å². The molecular weight excluding hydrogens is 248 g/mol. The van der Waals surface area contributed by atoms with Gasteiger partial charge in [0.05, 0.1) is 0 Å². The minimum Gasteiger partial charge on any atom is -0.479 e. The van der Waals surface area contributed by atoms with E-state index in [4.69, 9.17) is 10.2 Å². The van der Waals surface area contributed by atoms with E-state index in [2.05, 4.69) is 5.32 Å². The second-order valence-corrected chi connectivity index (χ2v) is 3.95. The summed E-state index contributed by atoms with van der Waals surface area (Å²) in [5.41, 5.74) is 0.765. The highest BCUT2D eigenvalue weighted by atomic mass is 16.4. The summed E-state index contributed by atoms with van der Waals surface area (Å²) in [7, 11) is 0. The lowest BCUT2D eigenvalue weighted by molar-refractivity contribution is -0.146. The van der Waals surface area contributed by atoms with E-state index in [1.165, 1.54) is 4.90 Å². The smallest absolute Gasteiger partial charge is 0.332 e. The monoisotopic (exact) mass is 266 g/mol. The van der Waals surface area contributed by atoms with E-state index in [1.54, 1.807) is 0 Å². The first kappa shape index (κ1) is 15.0. The van der Waals surface area contributed by atoms with Gasteiger partial charge in [-0.1, -0.05) is 18.2 Å². The molecule has 2 amide bonds. The predicted octanol–water partition coefficient (Wildman–Crippen LogP) is 1.06. The number of nitrogens with one attached hydrogen (secondary N) is 1. The highest BCUT2D eigenvalue weighted by Gasteiger charge is 2.16. The number of hydrogen-bond acceptors (Lipinski definition) is 3. The lowest BCUT2D eigenvalue weighted by Gasteiger charge is -2.21. The second kappa shape index (κ2) is 7.38. The van der Waals surface area contributed by atoms with Gasteiger partial charge in [-0.05, 0) is 19.1 Å². The molecule has 1 aromatic carbocycles. The van der Waals surface area contributed by atoms with Crippen LogP contribution in [0.1, 0.15) is 13.3 Å². The van der Waals surface area contributed by atoms with Crippen molar-refractivity contribution in [3.63, 3.8) is 0 Å². The molecule has 0 fully saturated rings. The molecule has 6 nitrogen and oxygen atoms in total. The van der Waals surface area contributed by atoms with E-state index in [0.29, 0.717) is 6.54 Å². The van der Waals surface area contributed by atoms with Gasteiger partial charge in [-0.15, -0.1) is 0 Å². The van der Waals surface area contributed by atoms with E-state index >= 15 is 0 Å². The minimum atomic E-state index is -1.45. The van der Waals surface area contributed by atoms with Gasteiger partial charge in [0.1, 0.15) is 0 Å². The Labute approximate surface area is 111 Å². The fourth-order valence-electron chi connectivity index (χ4n) is 1.59. The van der Waals surface area contributed by atoms with Crippen LogP contribution in [0.15, 0.2) is 30.3 Å². The molecule has 0 aliphatic rings. The van der Waals surface area contributed by atoms with Crippen LogP contribution in [0, 0.1) is 0 Å². The number of amides is 2. The lowest BCUT2D eigenvalue weighted by atomic mass is 10.2. The third-order valence-electron chi connectivity index (χ3n) is 2.61. The molecule has 0 aliphatic heterocycles. The predicted molar refractivity (Wildman–Crippen MR) is 71.1 cm³/mol. The average molecular weight is 266 g/mol. The van der Waals surface area contributed by atoms with Crippen molar-refractivity contribution in [3.8, 4) is 0 Å². The normalized spacial score (nSPS) is 11.7. The van der Waals surface area contributed by atoms with Crippen molar-refractivity contribution in [2.45, 2.75) is 19.4 Å². The number of carbonyl (C=O) groups is 2. The summed E-state index contributed by atoms with van der Waals surface area (Å²) in [6.45, 7) is 2.45. The maximum Gasteiger partial charge on any atom is 0.332 e. The molecule has 0 aromatic heterocycles. The third kappa shape index (κ3) is 4.59. The summed E-state index contributed by atoms with van der Waals surface area (Å²) < 4.78 is 0. The molecule has 1 unspecified atom stereocenters. The molecule has 0 bridgehead atoms. The van der Waals surface area contributed by atoms with Crippen LogP contribution in [-0.4, -0.2) is 41.4 Å². The zero-order valence-corrected chi connectivity index (χ0v) is 10.7. The molecular formula is C13H18N2O4. The number of aliphatic hydroxyl groups excluding tert-OH is 1. The zero-order chi connectivity index (χ0) is 14.3. The first-order valence-electron chi connectivity index (χ1n) is 6.07. The van der Waals surface area contributed by atoms with Crippen molar-refractivity contribution in [1.29, 1.82) is 0 Å². The Bertz CT molecular complexity index is 422. The van der Waals surface area contributed by atoms with Crippen LogP contribution >= 0.6 is 0 Å². The largest absolute Gasteiger partial charge is 0.479 e. The first-order chi connectivity index (χ1) is 9.06. The molecule has 0 saturated heterocycles. The standard InChI is InChI=1S/C13H18N2O4/c1-2-15(10-6-4-3-5-7-10)13(19)14-9-8-11(16)12(17)18/h3-7,11,16H,2,8-9H2,1H3,(H,14,19)(H,17,18). The van der Waals surface area contributed by atoms with Crippen LogP contribution in [0.3, 0.4) is 0 Å². The molecule has 1 rings (SSSR count). The van der Waals surface area contributed by atoms with Gasteiger partial charge in [-0.3, -0.25) is 4.90 Å². The molecule has 0 saturated carbocycles. The fourth-order valence-corrected chi connectivity index (χ4v) is 1.59. The Morgan fingerprint density at radius 2 is 1.95 bits per heavy atom. The van der Waals surface area contributed by atoms with Crippen molar-refractivity contribution in [2.24, 2.45) is 0 Å². The number of benzene rings is 1. The molecule has 19 heavy (non-hydrogen) atoms. The van der Waals surface area contributed by atoms with E-state index in [1.807, 2.05) is 37.3 Å². The number of para-hydroxylation sites is 1. The zero-order valence-electron chi connectivity index (χ0n) is 10.7. The van der Waals surface area contributed by atoms with Crippen molar-refractivity contribution in [2.75, 3.05) is 18.0 Å². The van der Waals surface area contributed by atoms with Crippen molar-refractivity contribution in [1.82, 2.24) is 5.32 Å². The topological polar surface area (TPSA) is 89.9 Å². The van der Waals surface area contributed by atoms with E-state index in [9.17, 15) is 9.59 Å².